The third kappa shape index (κ3) is 3.55. The fourth-order valence-electron chi connectivity index (χ4n) is 0.606. The van der Waals surface area contributed by atoms with Crippen LogP contribution in [0.15, 0.2) is 11.8 Å². The van der Waals surface area contributed by atoms with Crippen molar-refractivity contribution in [2.45, 2.75) is 27.2 Å². The Morgan fingerprint density at radius 3 is 2.27 bits per heavy atom. The van der Waals surface area contributed by atoms with E-state index in [1.165, 1.54) is 13.0 Å². The molecule has 0 rings (SSSR count). The van der Waals surface area contributed by atoms with Gasteiger partial charge in [-0.3, -0.25) is 9.59 Å². The Kier molecular flexibility index (Phi) is 4.18. The molecule has 0 saturated carbocycles. The Morgan fingerprint density at radius 2 is 2.00 bits per heavy atom. The van der Waals surface area contributed by atoms with Crippen LogP contribution in [0.4, 0.5) is 0 Å². The minimum Gasteiger partial charge on any atom is -0.423 e. The van der Waals surface area contributed by atoms with Gasteiger partial charge in [0.25, 0.3) is 0 Å². The van der Waals surface area contributed by atoms with Crippen molar-refractivity contribution in [3.63, 3.8) is 0 Å². The molecular weight excluding hydrogens is 144 g/mol. The van der Waals surface area contributed by atoms with Crippen molar-refractivity contribution in [2.75, 3.05) is 0 Å². The van der Waals surface area contributed by atoms with Crippen LogP contribution in [0.2, 0.25) is 0 Å². The van der Waals surface area contributed by atoms with Gasteiger partial charge in [-0.15, -0.1) is 0 Å². The van der Waals surface area contributed by atoms with E-state index in [0.717, 1.165) is 0 Å². The molecule has 0 heterocycles. The van der Waals surface area contributed by atoms with E-state index in [-0.39, 0.29) is 11.5 Å². The fourth-order valence-corrected chi connectivity index (χ4v) is 0.606. The highest BCUT2D eigenvalue weighted by atomic mass is 16.5. The topological polar surface area (TPSA) is 43.4 Å². The lowest BCUT2D eigenvalue weighted by Gasteiger charge is -2.02. The number of ketones is 1. The zero-order chi connectivity index (χ0) is 8.85. The van der Waals surface area contributed by atoms with Gasteiger partial charge in [0, 0.05) is 13.3 Å². The summed E-state index contributed by atoms with van der Waals surface area (Å²) < 4.78 is 4.62. The normalized spacial score (nSPS) is 11.0. The molecular formula is C8H12O3. The average Bonchev–Trinajstić information content (AvgIpc) is 1.98. The quantitative estimate of drug-likeness (QED) is 0.352. The summed E-state index contributed by atoms with van der Waals surface area (Å²) >= 11 is 0. The lowest BCUT2D eigenvalue weighted by Crippen LogP contribution is -2.07. The third-order valence-electron chi connectivity index (χ3n) is 1.11. The first-order valence-electron chi connectivity index (χ1n) is 3.49. The maximum Gasteiger partial charge on any atom is 0.308 e. The molecule has 0 aliphatic heterocycles. The van der Waals surface area contributed by atoms with Gasteiger partial charge < -0.3 is 4.74 Å². The first-order chi connectivity index (χ1) is 5.11. The molecule has 0 radical (unpaired) electrons. The molecule has 0 aromatic rings. The van der Waals surface area contributed by atoms with E-state index >= 15 is 0 Å². The molecule has 0 N–H and O–H groups in total. The Bertz CT molecular complexity index is 192. The molecule has 0 bridgehead atoms. The van der Waals surface area contributed by atoms with E-state index in [0.29, 0.717) is 6.42 Å². The van der Waals surface area contributed by atoms with E-state index in [1.807, 2.05) is 0 Å². The van der Waals surface area contributed by atoms with Crippen molar-refractivity contribution >= 4 is 11.8 Å². The molecule has 0 saturated heterocycles. The van der Waals surface area contributed by atoms with Crippen molar-refractivity contribution in [3.8, 4) is 0 Å². The SMILES string of the molecule is C/C=C(\OC(C)=O)C(=O)CC. The molecule has 0 aromatic heterocycles. The monoisotopic (exact) mass is 156 g/mol. The summed E-state index contributed by atoms with van der Waals surface area (Å²) in [6, 6.07) is 0. The number of Topliss-reactive ketones (excluding diaryl/α,β-unsaturated/α-hetero) is 1. The molecule has 0 amide bonds. The van der Waals surface area contributed by atoms with Crippen molar-refractivity contribution < 1.29 is 14.3 Å². The second kappa shape index (κ2) is 4.66. The summed E-state index contributed by atoms with van der Waals surface area (Å²) in [4.78, 5) is 21.4. The van der Waals surface area contributed by atoms with Crippen LogP contribution in [-0.2, 0) is 14.3 Å². The molecule has 0 atom stereocenters. The lowest BCUT2D eigenvalue weighted by atomic mass is 10.2. The fraction of sp³-hybridized carbons (Fsp3) is 0.500. The summed E-state index contributed by atoms with van der Waals surface area (Å²) in [5, 5.41) is 0. The van der Waals surface area contributed by atoms with Gasteiger partial charge in [0.1, 0.15) is 0 Å². The summed E-state index contributed by atoms with van der Waals surface area (Å²) in [7, 11) is 0. The Hall–Kier alpha value is -1.12. The van der Waals surface area contributed by atoms with Crippen LogP contribution in [0, 0.1) is 0 Å². The Labute approximate surface area is 66.0 Å². The Balaban J connectivity index is 4.20. The van der Waals surface area contributed by atoms with Gasteiger partial charge in [0.15, 0.2) is 11.5 Å². The maximum absolute atomic E-state index is 10.9. The molecule has 0 aliphatic rings. The average molecular weight is 156 g/mol. The lowest BCUT2D eigenvalue weighted by molar-refractivity contribution is -0.140. The zero-order valence-corrected chi connectivity index (χ0v) is 7.01. The van der Waals surface area contributed by atoms with E-state index in [1.54, 1.807) is 13.8 Å². The number of hydrogen-bond acceptors (Lipinski definition) is 3. The summed E-state index contributed by atoms with van der Waals surface area (Å²) in [6.07, 6.45) is 1.85. The smallest absolute Gasteiger partial charge is 0.308 e. The first-order valence-corrected chi connectivity index (χ1v) is 3.49. The number of carbonyl (C=O) groups excluding carboxylic acids is 2. The van der Waals surface area contributed by atoms with Crippen LogP contribution in [0.1, 0.15) is 27.2 Å². The van der Waals surface area contributed by atoms with Gasteiger partial charge in [-0.25, -0.2) is 0 Å². The molecule has 0 fully saturated rings. The molecule has 0 unspecified atom stereocenters. The van der Waals surface area contributed by atoms with Gasteiger partial charge >= 0.3 is 5.97 Å². The molecule has 3 nitrogen and oxygen atoms in total. The molecule has 11 heavy (non-hydrogen) atoms. The predicted octanol–water partition coefficient (Wildman–Crippen LogP) is 1.43. The number of carbonyl (C=O) groups is 2. The van der Waals surface area contributed by atoms with E-state index in [9.17, 15) is 9.59 Å². The molecule has 62 valence electrons. The molecule has 0 aliphatic carbocycles. The van der Waals surface area contributed by atoms with Crippen LogP contribution in [0.5, 0.6) is 0 Å². The first kappa shape index (κ1) is 9.88. The van der Waals surface area contributed by atoms with E-state index in [2.05, 4.69) is 4.74 Å². The molecule has 0 aromatic carbocycles. The minimum atomic E-state index is -0.458. The number of allylic oxidation sites excluding steroid dienone is 2. The van der Waals surface area contributed by atoms with Gasteiger partial charge in [-0.05, 0) is 13.0 Å². The second-order valence-corrected chi connectivity index (χ2v) is 2.02. The maximum atomic E-state index is 10.9. The van der Waals surface area contributed by atoms with Gasteiger partial charge in [0.05, 0.1) is 0 Å². The number of ether oxygens (including phenoxy) is 1. The summed E-state index contributed by atoms with van der Waals surface area (Å²) in [5.41, 5.74) is 0. The number of hydrogen-bond donors (Lipinski definition) is 0. The van der Waals surface area contributed by atoms with Crippen LogP contribution < -0.4 is 0 Å². The second-order valence-electron chi connectivity index (χ2n) is 2.02. The number of rotatable bonds is 3. The van der Waals surface area contributed by atoms with Crippen molar-refractivity contribution in [3.05, 3.63) is 11.8 Å². The predicted molar refractivity (Wildman–Crippen MR) is 40.8 cm³/mol. The van der Waals surface area contributed by atoms with Gasteiger partial charge in [0.2, 0.25) is 0 Å². The Morgan fingerprint density at radius 1 is 1.45 bits per heavy atom. The van der Waals surface area contributed by atoms with Crippen LogP contribution in [0.3, 0.4) is 0 Å². The van der Waals surface area contributed by atoms with Crippen molar-refractivity contribution in [1.29, 1.82) is 0 Å². The highest BCUT2D eigenvalue weighted by molar-refractivity contribution is 5.95. The third-order valence-corrected chi connectivity index (χ3v) is 1.11. The molecule has 0 spiro atoms. The highest BCUT2D eigenvalue weighted by Gasteiger charge is 2.08. The minimum absolute atomic E-state index is 0.139. The standard InChI is InChI=1S/C8H12O3/c1-4-7(10)8(5-2)11-6(3)9/h5H,4H2,1-3H3/b8-5-. The summed E-state index contributed by atoms with van der Waals surface area (Å²) in [5.74, 6) is -0.470. The molecule has 3 heteroatoms. The largest absolute Gasteiger partial charge is 0.423 e. The van der Waals surface area contributed by atoms with Crippen LogP contribution >= 0.6 is 0 Å². The van der Waals surface area contributed by atoms with Crippen LogP contribution in [0.25, 0.3) is 0 Å². The van der Waals surface area contributed by atoms with Gasteiger partial charge in [-0.1, -0.05) is 6.92 Å². The summed E-state index contributed by atoms with van der Waals surface area (Å²) in [6.45, 7) is 4.65. The van der Waals surface area contributed by atoms with Crippen LogP contribution in [-0.4, -0.2) is 11.8 Å². The van der Waals surface area contributed by atoms with E-state index < -0.39 is 5.97 Å². The van der Waals surface area contributed by atoms with Crippen molar-refractivity contribution in [1.82, 2.24) is 0 Å². The van der Waals surface area contributed by atoms with Gasteiger partial charge in [-0.2, -0.15) is 0 Å². The zero-order valence-electron chi connectivity index (χ0n) is 7.01. The van der Waals surface area contributed by atoms with Crippen molar-refractivity contribution in [2.24, 2.45) is 0 Å². The van der Waals surface area contributed by atoms with E-state index in [4.69, 9.17) is 0 Å². The highest BCUT2D eigenvalue weighted by Crippen LogP contribution is 2.01. The number of esters is 1.